The summed E-state index contributed by atoms with van der Waals surface area (Å²) in [6.07, 6.45) is -1.56. The molecule has 0 N–H and O–H groups in total. The summed E-state index contributed by atoms with van der Waals surface area (Å²) >= 11 is 5.92. The van der Waals surface area contributed by atoms with E-state index in [1.54, 1.807) is 60.4 Å². The minimum absolute atomic E-state index is 0.185. The summed E-state index contributed by atoms with van der Waals surface area (Å²) in [5.74, 6) is -1.51. The molecular weight excluding hydrogens is 474 g/mol. The van der Waals surface area contributed by atoms with Gasteiger partial charge in [-0.2, -0.15) is 0 Å². The van der Waals surface area contributed by atoms with Crippen LogP contribution in [0.1, 0.15) is 35.2 Å². The van der Waals surface area contributed by atoms with Crippen molar-refractivity contribution in [3.63, 3.8) is 0 Å². The van der Waals surface area contributed by atoms with Crippen LogP contribution in [0.5, 0.6) is 0 Å². The highest BCUT2D eigenvalue weighted by atomic mass is 35.5. The Balaban J connectivity index is 1.76. The summed E-state index contributed by atoms with van der Waals surface area (Å²) in [5.41, 5.74) is 1.80. The van der Waals surface area contributed by atoms with Crippen molar-refractivity contribution in [3.8, 4) is 0 Å². The van der Waals surface area contributed by atoms with E-state index in [9.17, 15) is 29.8 Å². The minimum atomic E-state index is -1.37. The van der Waals surface area contributed by atoms with E-state index in [1.807, 2.05) is 0 Å². The van der Waals surface area contributed by atoms with Crippen LogP contribution in [0.4, 0.5) is 5.69 Å². The lowest BCUT2D eigenvalue weighted by atomic mass is 9.92. The van der Waals surface area contributed by atoms with Crippen molar-refractivity contribution in [2.24, 2.45) is 0 Å². The zero-order chi connectivity index (χ0) is 24.8. The Kier molecular flexibility index (Phi) is 7.84. The maximum absolute atomic E-state index is 13.2. The van der Waals surface area contributed by atoms with Crippen LogP contribution in [0.15, 0.2) is 48.5 Å². The van der Waals surface area contributed by atoms with Gasteiger partial charge < -0.3 is 19.3 Å². The lowest BCUT2D eigenvalue weighted by Gasteiger charge is -2.26. The predicted octanol–water partition coefficient (Wildman–Crippen LogP) is 3.19. The largest absolute Gasteiger partial charge is 0.458 e. The van der Waals surface area contributed by atoms with Crippen LogP contribution in [-0.4, -0.2) is 47.4 Å². The van der Waals surface area contributed by atoms with Crippen LogP contribution in [0, 0.1) is 20.2 Å². The van der Waals surface area contributed by atoms with Crippen molar-refractivity contribution in [3.05, 3.63) is 84.9 Å². The smallest absolute Gasteiger partial charge is 0.306 e. The van der Waals surface area contributed by atoms with Crippen LogP contribution in [0.2, 0.25) is 5.02 Å². The number of ether oxygens (including phenoxy) is 1. The molecule has 1 aliphatic heterocycles. The third kappa shape index (κ3) is 5.90. The van der Waals surface area contributed by atoms with E-state index in [-0.39, 0.29) is 12.3 Å². The maximum atomic E-state index is 13.2. The Hall–Kier alpha value is -3.93. The third-order valence-corrected chi connectivity index (χ3v) is 5.56. The number of rotatable bonds is 10. The molecule has 0 radical (unpaired) electrons. The van der Waals surface area contributed by atoms with E-state index in [2.05, 4.69) is 9.68 Å². The van der Waals surface area contributed by atoms with Crippen molar-refractivity contribution in [1.82, 2.24) is 0 Å². The maximum Gasteiger partial charge on any atom is 0.306 e. The number of hydrogen-bond donors (Lipinski definition) is 0. The molecule has 0 aromatic heterocycles. The molecule has 2 aromatic rings. The zero-order valence-electron chi connectivity index (χ0n) is 17.9. The Morgan fingerprint density at radius 1 is 1.03 bits per heavy atom. The second-order valence-corrected chi connectivity index (χ2v) is 7.88. The van der Waals surface area contributed by atoms with Crippen LogP contribution in [0.3, 0.4) is 0 Å². The van der Waals surface area contributed by atoms with Gasteiger partial charge in [-0.1, -0.05) is 29.8 Å². The lowest BCUT2D eigenvalue weighted by molar-refractivity contribution is -0.768. The highest BCUT2D eigenvalue weighted by Crippen LogP contribution is 2.43. The van der Waals surface area contributed by atoms with Gasteiger partial charge in [0.2, 0.25) is 0 Å². The number of esters is 1. The van der Waals surface area contributed by atoms with Crippen molar-refractivity contribution < 1.29 is 34.2 Å². The molecule has 0 fully saturated rings. The first-order valence-electron chi connectivity index (χ1n) is 10.1. The van der Waals surface area contributed by atoms with Crippen molar-refractivity contribution in [2.75, 3.05) is 18.1 Å². The SMILES string of the molecule is CC1C(CC(=O)OC(CO[N+](=O)[O-])CO[N+](=O)[O-])c2ccccc2N1C(=O)c1ccc(Cl)cc1. The molecule has 13 heteroatoms. The van der Waals surface area contributed by atoms with Crippen LogP contribution >= 0.6 is 11.6 Å². The van der Waals surface area contributed by atoms with Gasteiger partial charge in [-0.3, -0.25) is 9.59 Å². The van der Waals surface area contributed by atoms with E-state index < -0.39 is 47.4 Å². The first-order valence-corrected chi connectivity index (χ1v) is 10.5. The van der Waals surface area contributed by atoms with E-state index in [1.165, 1.54) is 0 Å². The number of halogens is 1. The summed E-state index contributed by atoms with van der Waals surface area (Å²) in [7, 11) is 0. The van der Waals surface area contributed by atoms with Gasteiger partial charge in [0.15, 0.2) is 0 Å². The molecule has 1 aliphatic rings. The van der Waals surface area contributed by atoms with E-state index >= 15 is 0 Å². The standard InChI is InChI=1S/C21H20ClN3O9/c1-13-18(10-20(26)34-16(11-32-24(28)29)12-33-25(30)31)17-4-2-3-5-19(17)23(13)21(27)14-6-8-15(22)9-7-14/h2-9,13,16,18H,10-12H2,1H3. The zero-order valence-corrected chi connectivity index (χ0v) is 18.6. The van der Waals surface area contributed by atoms with Crippen LogP contribution < -0.4 is 4.90 Å². The molecule has 0 aliphatic carbocycles. The summed E-state index contributed by atoms with van der Waals surface area (Å²) in [5, 5.41) is 19.2. The average molecular weight is 494 g/mol. The molecule has 1 heterocycles. The molecular formula is C21H20ClN3O9. The summed E-state index contributed by atoms with van der Waals surface area (Å²) in [6.45, 7) is 0.323. The Morgan fingerprint density at radius 3 is 2.21 bits per heavy atom. The molecule has 0 spiro atoms. The summed E-state index contributed by atoms with van der Waals surface area (Å²) < 4.78 is 5.15. The van der Waals surface area contributed by atoms with Crippen LogP contribution in [0.25, 0.3) is 0 Å². The van der Waals surface area contributed by atoms with Gasteiger partial charge in [-0.15, -0.1) is 20.2 Å². The Morgan fingerprint density at radius 2 is 1.62 bits per heavy atom. The normalized spacial score (nSPS) is 16.6. The van der Waals surface area contributed by atoms with Gasteiger partial charge in [0.25, 0.3) is 16.1 Å². The van der Waals surface area contributed by atoms with E-state index in [0.29, 0.717) is 16.3 Å². The predicted molar refractivity (Wildman–Crippen MR) is 117 cm³/mol. The van der Waals surface area contributed by atoms with Gasteiger partial charge in [0.1, 0.15) is 19.3 Å². The topological polar surface area (TPSA) is 151 Å². The monoisotopic (exact) mass is 493 g/mol. The molecule has 2 atom stereocenters. The van der Waals surface area contributed by atoms with Crippen molar-refractivity contribution in [1.29, 1.82) is 0 Å². The number of amides is 1. The van der Waals surface area contributed by atoms with Gasteiger partial charge in [0.05, 0.1) is 6.42 Å². The number of carbonyl (C=O) groups is 2. The van der Waals surface area contributed by atoms with E-state index in [4.69, 9.17) is 16.3 Å². The molecule has 0 saturated carbocycles. The van der Waals surface area contributed by atoms with Gasteiger partial charge in [-0.05, 0) is 42.8 Å². The number of nitrogens with zero attached hydrogens (tertiary/aromatic N) is 3. The minimum Gasteiger partial charge on any atom is -0.458 e. The Labute approximate surface area is 198 Å². The second kappa shape index (κ2) is 10.8. The third-order valence-electron chi connectivity index (χ3n) is 5.31. The summed E-state index contributed by atoms with van der Waals surface area (Å²) in [4.78, 5) is 56.7. The molecule has 2 unspecified atom stereocenters. The second-order valence-electron chi connectivity index (χ2n) is 7.44. The Bertz CT molecular complexity index is 1060. The van der Waals surface area contributed by atoms with Gasteiger partial charge in [0, 0.05) is 28.2 Å². The molecule has 34 heavy (non-hydrogen) atoms. The lowest BCUT2D eigenvalue weighted by Crippen LogP contribution is -2.38. The number of hydrogen-bond acceptors (Lipinski definition) is 9. The fourth-order valence-electron chi connectivity index (χ4n) is 3.80. The molecule has 12 nitrogen and oxygen atoms in total. The first kappa shape index (κ1) is 24.7. The van der Waals surface area contributed by atoms with Crippen LogP contribution in [-0.2, 0) is 19.2 Å². The molecule has 0 bridgehead atoms. The number of para-hydroxylation sites is 1. The number of fused-ring (bicyclic) bond motifs is 1. The fraction of sp³-hybridized carbons (Fsp3) is 0.333. The molecule has 3 rings (SSSR count). The van der Waals surface area contributed by atoms with Crippen molar-refractivity contribution >= 4 is 29.2 Å². The molecule has 2 aromatic carbocycles. The quantitative estimate of drug-likeness (QED) is 0.276. The molecule has 180 valence electrons. The summed E-state index contributed by atoms with van der Waals surface area (Å²) in [6, 6.07) is 13.1. The highest BCUT2D eigenvalue weighted by molar-refractivity contribution is 6.30. The first-order chi connectivity index (χ1) is 16.2. The average Bonchev–Trinajstić information content (AvgIpc) is 3.06. The van der Waals surface area contributed by atoms with Gasteiger partial charge in [-0.25, -0.2) is 0 Å². The van der Waals surface area contributed by atoms with Gasteiger partial charge >= 0.3 is 5.97 Å². The van der Waals surface area contributed by atoms with Crippen molar-refractivity contribution in [2.45, 2.75) is 31.4 Å². The number of carbonyl (C=O) groups excluding carboxylic acids is 2. The molecule has 0 saturated heterocycles. The number of benzene rings is 2. The van der Waals surface area contributed by atoms with E-state index in [0.717, 1.165) is 5.56 Å². The molecule has 1 amide bonds. The fourth-order valence-corrected chi connectivity index (χ4v) is 3.93. The highest BCUT2D eigenvalue weighted by Gasteiger charge is 2.40. The number of anilines is 1.